The summed E-state index contributed by atoms with van der Waals surface area (Å²) >= 11 is 0. The fourth-order valence-electron chi connectivity index (χ4n) is 0.754. The zero-order valence-electron chi connectivity index (χ0n) is 7.33. The van der Waals surface area contributed by atoms with E-state index in [0.717, 1.165) is 11.4 Å². The number of carbonyl (C=O) groups is 1. The first-order chi connectivity index (χ1) is 5.24. The first-order valence-corrected chi connectivity index (χ1v) is 3.97. The van der Waals surface area contributed by atoms with Crippen LogP contribution in [0.4, 0.5) is 4.79 Å². The summed E-state index contributed by atoms with van der Waals surface area (Å²) in [4.78, 5) is 10.5. The van der Waals surface area contributed by atoms with Crippen molar-refractivity contribution in [2.45, 2.75) is 33.3 Å². The van der Waals surface area contributed by atoms with Crippen molar-refractivity contribution in [3.8, 4) is 0 Å². The Bertz CT molecular complexity index is 128. The number of hydrogen-bond donors (Lipinski definition) is 1. The summed E-state index contributed by atoms with van der Waals surface area (Å²) in [6.45, 7) is 6.48. The summed E-state index contributed by atoms with van der Waals surface area (Å²) in [5.74, 6) is 5.20. The monoisotopic (exact) mass is 160 g/mol. The lowest BCUT2D eigenvalue weighted by molar-refractivity contribution is 0.131. The Morgan fingerprint density at radius 3 is 2.45 bits per heavy atom. The van der Waals surface area contributed by atoms with Gasteiger partial charge in [-0.3, -0.25) is 0 Å². The molecular weight excluding hydrogens is 144 g/mol. The molecule has 0 aromatic heterocycles. The van der Waals surface area contributed by atoms with Crippen LogP contribution in [0.15, 0.2) is 0 Å². The van der Waals surface area contributed by atoms with E-state index in [2.05, 4.69) is 0 Å². The minimum atomic E-state index is -0.415. The highest BCUT2D eigenvalue weighted by molar-refractivity contribution is 5.68. The lowest BCUT2D eigenvalue weighted by atomic mass is 10.3. The highest BCUT2D eigenvalue weighted by atomic mass is 16.6. The molecule has 0 aromatic carbocycles. The molecule has 1 aliphatic rings. The molecule has 1 unspecified atom stereocenters. The molecule has 0 aromatic rings. The van der Waals surface area contributed by atoms with Gasteiger partial charge in [-0.2, -0.15) is 0 Å². The number of cyclic esters (lactones) is 1. The predicted molar refractivity (Wildman–Crippen MR) is 42.8 cm³/mol. The van der Waals surface area contributed by atoms with Gasteiger partial charge in [0.25, 0.3) is 0 Å². The van der Waals surface area contributed by atoms with Gasteiger partial charge < -0.3 is 4.74 Å². The van der Waals surface area contributed by atoms with Crippen LogP contribution in [0.1, 0.15) is 27.2 Å². The minimum absolute atomic E-state index is 0.00231. The van der Waals surface area contributed by atoms with Gasteiger partial charge >= 0.3 is 6.09 Å². The number of rotatable bonds is 1. The van der Waals surface area contributed by atoms with E-state index in [4.69, 9.17) is 10.6 Å². The van der Waals surface area contributed by atoms with E-state index >= 15 is 0 Å². The normalized spacial score (nSPS) is 22.4. The number of ether oxygens (including phenoxy) is 1. The van der Waals surface area contributed by atoms with Crippen LogP contribution < -0.4 is 5.84 Å². The number of amides is 1. The van der Waals surface area contributed by atoms with E-state index in [-0.39, 0.29) is 6.10 Å². The van der Waals surface area contributed by atoms with Crippen molar-refractivity contribution in [2.24, 2.45) is 5.84 Å². The van der Waals surface area contributed by atoms with E-state index in [9.17, 15) is 4.79 Å². The summed E-state index contributed by atoms with van der Waals surface area (Å²) in [6, 6.07) is 0. The lowest BCUT2D eigenvalue weighted by Crippen LogP contribution is -2.31. The van der Waals surface area contributed by atoms with Crippen molar-refractivity contribution in [1.82, 2.24) is 5.01 Å². The van der Waals surface area contributed by atoms with Crippen LogP contribution in [0.5, 0.6) is 0 Å². The maximum Gasteiger partial charge on any atom is 0.424 e. The summed E-state index contributed by atoms with van der Waals surface area (Å²) in [7, 11) is 0. The van der Waals surface area contributed by atoms with Crippen LogP contribution in [0.3, 0.4) is 0 Å². The lowest BCUT2D eigenvalue weighted by Gasteiger charge is -2.00. The Morgan fingerprint density at radius 2 is 2.27 bits per heavy atom. The van der Waals surface area contributed by atoms with Crippen LogP contribution in [0.25, 0.3) is 0 Å². The molecule has 2 N–H and O–H groups in total. The van der Waals surface area contributed by atoms with Gasteiger partial charge in [-0.15, -0.1) is 0 Å². The van der Waals surface area contributed by atoms with E-state index in [1.54, 1.807) is 0 Å². The van der Waals surface area contributed by atoms with Crippen molar-refractivity contribution in [3.05, 3.63) is 0 Å². The van der Waals surface area contributed by atoms with Crippen molar-refractivity contribution in [3.63, 3.8) is 0 Å². The molecule has 0 radical (unpaired) electrons. The van der Waals surface area contributed by atoms with Gasteiger partial charge in [0.05, 0.1) is 6.54 Å². The van der Waals surface area contributed by atoms with Gasteiger partial charge in [-0.25, -0.2) is 15.6 Å². The molecule has 4 nitrogen and oxygen atoms in total. The average molecular weight is 160 g/mol. The summed E-state index contributed by atoms with van der Waals surface area (Å²) in [5.41, 5.74) is 0. The number of hydrazine groups is 1. The fourth-order valence-corrected chi connectivity index (χ4v) is 0.754. The highest BCUT2D eigenvalue weighted by Gasteiger charge is 2.26. The largest absolute Gasteiger partial charge is 0.443 e. The third-order valence-corrected chi connectivity index (χ3v) is 1.36. The summed E-state index contributed by atoms with van der Waals surface area (Å²) < 4.78 is 4.78. The Morgan fingerprint density at radius 1 is 1.73 bits per heavy atom. The van der Waals surface area contributed by atoms with E-state index in [1.165, 1.54) is 0 Å². The average Bonchev–Trinajstić information content (AvgIpc) is 2.36. The maximum atomic E-state index is 10.5. The topological polar surface area (TPSA) is 55.6 Å². The zero-order chi connectivity index (χ0) is 8.85. The first-order valence-electron chi connectivity index (χ1n) is 3.97. The van der Waals surface area contributed by atoms with Crippen molar-refractivity contribution in [2.75, 3.05) is 6.54 Å². The van der Waals surface area contributed by atoms with Crippen molar-refractivity contribution >= 4 is 6.09 Å². The molecule has 1 saturated heterocycles. The number of nitrogens with zero attached hydrogens (tertiary/aromatic N) is 1. The van der Waals surface area contributed by atoms with Gasteiger partial charge in [0.1, 0.15) is 6.10 Å². The molecule has 66 valence electrons. The standard InChI is InChI=1S/C5H10N2O2.C2H6/c1-2-4-3-7(6)5(8)9-4;1-2/h4H,2-3,6H2,1H3;1-2H3. The van der Waals surface area contributed by atoms with Gasteiger partial charge in [-0.1, -0.05) is 20.8 Å². The molecule has 1 rings (SSSR count). The number of hydrogen-bond acceptors (Lipinski definition) is 3. The summed E-state index contributed by atoms with van der Waals surface area (Å²) in [5, 5.41) is 1.09. The van der Waals surface area contributed by atoms with Crippen molar-refractivity contribution in [1.29, 1.82) is 0 Å². The van der Waals surface area contributed by atoms with E-state index in [0.29, 0.717) is 6.54 Å². The molecule has 0 aliphatic carbocycles. The molecule has 11 heavy (non-hydrogen) atoms. The quantitative estimate of drug-likeness (QED) is 0.462. The molecular formula is C7H16N2O2. The zero-order valence-corrected chi connectivity index (χ0v) is 7.33. The molecule has 1 amide bonds. The van der Waals surface area contributed by atoms with Crippen molar-refractivity contribution < 1.29 is 9.53 Å². The molecule has 0 spiro atoms. The molecule has 1 heterocycles. The second-order valence-electron chi connectivity index (χ2n) is 2.07. The van der Waals surface area contributed by atoms with Gasteiger partial charge in [0, 0.05) is 0 Å². The van der Waals surface area contributed by atoms with Crippen LogP contribution >= 0.6 is 0 Å². The second kappa shape index (κ2) is 4.96. The molecule has 1 fully saturated rings. The van der Waals surface area contributed by atoms with Gasteiger partial charge in [0.2, 0.25) is 0 Å². The third kappa shape index (κ3) is 2.76. The van der Waals surface area contributed by atoms with Gasteiger partial charge in [-0.05, 0) is 6.42 Å². The molecule has 4 heteroatoms. The van der Waals surface area contributed by atoms with E-state index < -0.39 is 6.09 Å². The van der Waals surface area contributed by atoms with E-state index in [1.807, 2.05) is 20.8 Å². The molecule has 0 bridgehead atoms. The predicted octanol–water partition coefficient (Wildman–Crippen LogP) is 1.12. The Kier molecular flexibility index (Phi) is 4.61. The first kappa shape index (κ1) is 10.2. The Hall–Kier alpha value is -0.770. The number of carbonyl (C=O) groups excluding carboxylic acids is 1. The molecule has 1 aliphatic heterocycles. The maximum absolute atomic E-state index is 10.5. The smallest absolute Gasteiger partial charge is 0.424 e. The van der Waals surface area contributed by atoms with Crippen LogP contribution in [0, 0.1) is 0 Å². The third-order valence-electron chi connectivity index (χ3n) is 1.36. The van der Waals surface area contributed by atoms with Crippen LogP contribution in [0.2, 0.25) is 0 Å². The Balaban J connectivity index is 0.000000461. The second-order valence-corrected chi connectivity index (χ2v) is 2.07. The molecule has 0 saturated carbocycles. The van der Waals surface area contributed by atoms with Gasteiger partial charge in [0.15, 0.2) is 0 Å². The number of nitrogens with two attached hydrogens (primary N) is 1. The Labute approximate surface area is 67.3 Å². The SMILES string of the molecule is CC.CCC1CN(N)C(=O)O1. The highest BCUT2D eigenvalue weighted by Crippen LogP contribution is 2.08. The summed E-state index contributed by atoms with van der Waals surface area (Å²) in [6.07, 6.45) is 0.420. The molecule has 1 atom stereocenters. The van der Waals surface area contributed by atoms with Crippen LogP contribution in [-0.4, -0.2) is 23.8 Å². The van der Waals surface area contributed by atoms with Crippen LogP contribution in [-0.2, 0) is 4.74 Å². The fraction of sp³-hybridized carbons (Fsp3) is 0.857. The minimum Gasteiger partial charge on any atom is -0.443 e.